The summed E-state index contributed by atoms with van der Waals surface area (Å²) in [5.74, 6) is 0.0557. The van der Waals surface area contributed by atoms with Gasteiger partial charge in [0.2, 0.25) is 0 Å². The molecule has 0 fully saturated rings. The van der Waals surface area contributed by atoms with Crippen LogP contribution in [0.1, 0.15) is 44.9 Å². The van der Waals surface area contributed by atoms with Gasteiger partial charge in [-0.3, -0.25) is 0 Å². The minimum absolute atomic E-state index is 0.0557. The molecule has 1 aromatic heterocycles. The standard InChI is InChI=1S/C50H32O/c1-2-13-33(14-3-1)48(34-27-25-32(26-28-34)36-19-12-20-42-41-18-7-11-24-47(41)51-49(36)42)35-29-30-40-39-17-6-10-23-45(39)50(46(40)31-35)43-21-8-4-15-37(43)38-16-5-9-22-44(38)50/h1-31,48H. The van der Waals surface area contributed by atoms with E-state index in [2.05, 4.69) is 182 Å². The van der Waals surface area contributed by atoms with Gasteiger partial charge in [0.05, 0.1) is 5.41 Å². The van der Waals surface area contributed by atoms with Gasteiger partial charge in [-0.05, 0) is 72.8 Å². The summed E-state index contributed by atoms with van der Waals surface area (Å²) in [6.07, 6.45) is 0. The van der Waals surface area contributed by atoms with Crippen molar-refractivity contribution in [3.63, 3.8) is 0 Å². The predicted molar refractivity (Wildman–Crippen MR) is 209 cm³/mol. The molecule has 0 aliphatic heterocycles. The fourth-order valence-corrected chi connectivity index (χ4v) is 9.34. The molecule has 238 valence electrons. The van der Waals surface area contributed by atoms with Crippen LogP contribution >= 0.6 is 0 Å². The first-order chi connectivity index (χ1) is 25.3. The second-order valence-electron chi connectivity index (χ2n) is 13.9. The highest BCUT2D eigenvalue weighted by molar-refractivity contribution is 6.09. The number of rotatable bonds is 4. The molecule has 0 bridgehead atoms. The van der Waals surface area contributed by atoms with E-state index in [1.54, 1.807) is 0 Å². The second-order valence-corrected chi connectivity index (χ2v) is 13.9. The minimum atomic E-state index is -0.370. The molecule has 1 atom stereocenters. The Morgan fingerprint density at radius 2 is 0.863 bits per heavy atom. The molecule has 1 heteroatoms. The van der Waals surface area contributed by atoms with E-state index in [0.29, 0.717) is 0 Å². The van der Waals surface area contributed by atoms with Gasteiger partial charge in [-0.2, -0.15) is 0 Å². The van der Waals surface area contributed by atoms with E-state index in [-0.39, 0.29) is 11.3 Å². The van der Waals surface area contributed by atoms with Crippen molar-refractivity contribution in [2.75, 3.05) is 0 Å². The van der Waals surface area contributed by atoms with Gasteiger partial charge in [0, 0.05) is 22.3 Å². The van der Waals surface area contributed by atoms with Crippen LogP contribution in [0.4, 0.5) is 0 Å². The Balaban J connectivity index is 1.10. The number of para-hydroxylation sites is 2. The SMILES string of the molecule is c1ccc(C(c2ccc(-c3cccc4c3oc3ccccc34)cc2)c2ccc3c(c2)C2(c4ccccc4-c4ccccc42)c2ccccc2-3)cc1. The molecule has 51 heavy (non-hydrogen) atoms. The Morgan fingerprint density at radius 3 is 1.55 bits per heavy atom. The highest BCUT2D eigenvalue weighted by Crippen LogP contribution is 2.63. The maximum Gasteiger partial charge on any atom is 0.143 e. The lowest BCUT2D eigenvalue weighted by Gasteiger charge is -2.31. The van der Waals surface area contributed by atoms with Crippen LogP contribution in [0.3, 0.4) is 0 Å². The van der Waals surface area contributed by atoms with Crippen molar-refractivity contribution < 1.29 is 4.42 Å². The molecule has 8 aromatic carbocycles. The lowest BCUT2D eigenvalue weighted by molar-refractivity contribution is 0.670. The molecule has 0 N–H and O–H groups in total. The normalized spacial score (nSPS) is 14.0. The highest BCUT2D eigenvalue weighted by Gasteiger charge is 2.51. The van der Waals surface area contributed by atoms with Gasteiger partial charge in [0.15, 0.2) is 0 Å². The van der Waals surface area contributed by atoms with Crippen molar-refractivity contribution in [1.82, 2.24) is 0 Å². The third-order valence-corrected chi connectivity index (χ3v) is 11.4. The van der Waals surface area contributed by atoms with Crippen LogP contribution < -0.4 is 0 Å². The first kappa shape index (κ1) is 28.4. The van der Waals surface area contributed by atoms with Gasteiger partial charge in [-0.1, -0.05) is 182 Å². The molecule has 2 aliphatic carbocycles. The smallest absolute Gasteiger partial charge is 0.143 e. The van der Waals surface area contributed by atoms with E-state index in [0.717, 1.165) is 33.1 Å². The third kappa shape index (κ3) is 3.92. The Kier molecular flexibility index (Phi) is 6.00. The van der Waals surface area contributed by atoms with Gasteiger partial charge < -0.3 is 4.42 Å². The average Bonchev–Trinajstić information content (AvgIpc) is 3.83. The number of furan rings is 1. The molecule has 1 unspecified atom stereocenters. The van der Waals surface area contributed by atoms with Crippen molar-refractivity contribution in [2.45, 2.75) is 11.3 Å². The number of benzene rings is 8. The van der Waals surface area contributed by atoms with E-state index < -0.39 is 0 Å². The zero-order valence-corrected chi connectivity index (χ0v) is 27.9. The summed E-state index contributed by atoms with van der Waals surface area (Å²) in [5, 5.41) is 2.30. The second kappa shape index (κ2) is 10.8. The van der Waals surface area contributed by atoms with Crippen molar-refractivity contribution in [3.8, 4) is 33.4 Å². The summed E-state index contributed by atoms with van der Waals surface area (Å²) in [6, 6.07) is 69.3. The van der Waals surface area contributed by atoms with Crippen molar-refractivity contribution in [3.05, 3.63) is 227 Å². The summed E-state index contributed by atoms with van der Waals surface area (Å²) in [4.78, 5) is 0. The first-order valence-electron chi connectivity index (χ1n) is 17.8. The lowest BCUT2D eigenvalue weighted by atomic mass is 9.70. The summed E-state index contributed by atoms with van der Waals surface area (Å²) in [5.41, 5.74) is 18.4. The zero-order chi connectivity index (χ0) is 33.5. The van der Waals surface area contributed by atoms with Crippen LogP contribution in [0.5, 0.6) is 0 Å². The fourth-order valence-electron chi connectivity index (χ4n) is 9.34. The van der Waals surface area contributed by atoms with Crippen LogP contribution in [-0.4, -0.2) is 0 Å². The topological polar surface area (TPSA) is 13.1 Å². The van der Waals surface area contributed by atoms with E-state index in [9.17, 15) is 0 Å². The molecule has 0 radical (unpaired) electrons. The van der Waals surface area contributed by atoms with Gasteiger partial charge >= 0.3 is 0 Å². The molecule has 9 aromatic rings. The van der Waals surface area contributed by atoms with Gasteiger partial charge in [0.1, 0.15) is 11.2 Å². The number of hydrogen-bond acceptors (Lipinski definition) is 1. The first-order valence-corrected chi connectivity index (χ1v) is 17.8. The maximum absolute atomic E-state index is 6.42. The summed E-state index contributed by atoms with van der Waals surface area (Å²) in [7, 11) is 0. The predicted octanol–water partition coefficient (Wildman–Crippen LogP) is 12.8. The molecule has 0 saturated carbocycles. The van der Waals surface area contributed by atoms with E-state index in [1.807, 2.05) is 6.07 Å². The van der Waals surface area contributed by atoms with Gasteiger partial charge in [-0.25, -0.2) is 0 Å². The molecule has 1 nitrogen and oxygen atoms in total. The van der Waals surface area contributed by atoms with Crippen molar-refractivity contribution >= 4 is 21.9 Å². The Hall–Kier alpha value is -6.44. The zero-order valence-electron chi connectivity index (χ0n) is 27.9. The van der Waals surface area contributed by atoms with Gasteiger partial charge in [-0.15, -0.1) is 0 Å². The molecular formula is C50H32O. The van der Waals surface area contributed by atoms with Crippen LogP contribution in [0, 0.1) is 0 Å². The maximum atomic E-state index is 6.42. The van der Waals surface area contributed by atoms with Crippen molar-refractivity contribution in [2.24, 2.45) is 0 Å². The van der Waals surface area contributed by atoms with Gasteiger partial charge in [0.25, 0.3) is 0 Å². The highest BCUT2D eigenvalue weighted by atomic mass is 16.3. The Bertz CT molecular complexity index is 2740. The van der Waals surface area contributed by atoms with Crippen molar-refractivity contribution in [1.29, 1.82) is 0 Å². The van der Waals surface area contributed by atoms with Crippen LogP contribution in [0.25, 0.3) is 55.3 Å². The summed E-state index contributed by atoms with van der Waals surface area (Å²) >= 11 is 0. The number of fused-ring (bicyclic) bond motifs is 13. The van der Waals surface area contributed by atoms with E-state index in [1.165, 1.54) is 61.2 Å². The third-order valence-electron chi connectivity index (χ3n) is 11.4. The molecule has 0 saturated heterocycles. The quantitative estimate of drug-likeness (QED) is 0.173. The summed E-state index contributed by atoms with van der Waals surface area (Å²) < 4.78 is 6.42. The molecule has 11 rings (SSSR count). The monoisotopic (exact) mass is 648 g/mol. The fraction of sp³-hybridized carbons (Fsp3) is 0.0400. The Morgan fingerprint density at radius 1 is 0.353 bits per heavy atom. The lowest BCUT2D eigenvalue weighted by Crippen LogP contribution is -2.26. The molecule has 0 amide bonds. The number of hydrogen-bond donors (Lipinski definition) is 0. The average molecular weight is 649 g/mol. The molecular weight excluding hydrogens is 617 g/mol. The molecule has 2 aliphatic rings. The van der Waals surface area contributed by atoms with E-state index >= 15 is 0 Å². The van der Waals surface area contributed by atoms with E-state index in [4.69, 9.17) is 4.42 Å². The summed E-state index contributed by atoms with van der Waals surface area (Å²) in [6.45, 7) is 0. The van der Waals surface area contributed by atoms with Crippen LogP contribution in [0.2, 0.25) is 0 Å². The van der Waals surface area contributed by atoms with Crippen LogP contribution in [-0.2, 0) is 5.41 Å². The van der Waals surface area contributed by atoms with Crippen LogP contribution in [0.15, 0.2) is 192 Å². The largest absolute Gasteiger partial charge is 0.455 e. The Labute approximate surface area is 297 Å². The molecule has 1 spiro atoms. The molecule has 1 heterocycles. The minimum Gasteiger partial charge on any atom is -0.455 e.